The van der Waals surface area contributed by atoms with Crippen LogP contribution in [0.25, 0.3) is 0 Å². The number of hydrogen-bond acceptors (Lipinski definition) is 5. The van der Waals surface area contributed by atoms with Crippen molar-refractivity contribution in [1.29, 1.82) is 0 Å². The Morgan fingerprint density at radius 3 is 2.68 bits per heavy atom. The van der Waals surface area contributed by atoms with Crippen molar-refractivity contribution in [3.8, 4) is 0 Å². The van der Waals surface area contributed by atoms with E-state index in [2.05, 4.69) is 9.72 Å². The van der Waals surface area contributed by atoms with Crippen LogP contribution in [0.1, 0.15) is 41.9 Å². The third-order valence-electron chi connectivity index (χ3n) is 3.49. The molecule has 0 atom stereocenters. The lowest BCUT2D eigenvalue weighted by Gasteiger charge is -2.27. The Morgan fingerprint density at radius 1 is 1.47 bits per heavy atom. The number of methoxy groups -OCH3 is 1. The molecule has 0 aromatic carbocycles. The summed E-state index contributed by atoms with van der Waals surface area (Å²) in [5.74, 6) is -0.500. The van der Waals surface area contributed by atoms with Crippen molar-refractivity contribution < 1.29 is 18.7 Å². The van der Waals surface area contributed by atoms with Crippen molar-refractivity contribution in [3.63, 3.8) is 0 Å². The third kappa shape index (κ3) is 2.94. The van der Waals surface area contributed by atoms with Crippen LogP contribution in [-0.2, 0) is 9.53 Å². The first-order valence-corrected chi connectivity index (χ1v) is 6.41. The molecule has 1 aliphatic carbocycles. The molecule has 19 heavy (non-hydrogen) atoms. The molecule has 0 unspecified atom stereocenters. The summed E-state index contributed by atoms with van der Waals surface area (Å²) in [6.07, 6.45) is 5.22. The number of ether oxygens (including phenoxy) is 1. The van der Waals surface area contributed by atoms with Gasteiger partial charge in [-0.1, -0.05) is 12.8 Å². The molecule has 1 aliphatic rings. The number of nitrogens with zero attached hydrogens (tertiary/aromatic N) is 2. The number of carbonyl (C=O) groups is 2. The molecule has 0 N–H and O–H groups in total. The van der Waals surface area contributed by atoms with Gasteiger partial charge in [-0.05, 0) is 19.8 Å². The van der Waals surface area contributed by atoms with E-state index in [0.717, 1.165) is 25.7 Å². The quantitative estimate of drug-likeness (QED) is 0.773. The van der Waals surface area contributed by atoms with Crippen LogP contribution in [0.2, 0.25) is 0 Å². The minimum atomic E-state index is -0.419. The Hall–Kier alpha value is -1.85. The summed E-state index contributed by atoms with van der Waals surface area (Å²) in [4.78, 5) is 29.4. The summed E-state index contributed by atoms with van der Waals surface area (Å²) < 4.78 is 9.79. The molecule has 0 radical (unpaired) electrons. The molecule has 1 heterocycles. The van der Waals surface area contributed by atoms with E-state index in [9.17, 15) is 9.59 Å². The highest BCUT2D eigenvalue weighted by molar-refractivity contribution is 5.94. The van der Waals surface area contributed by atoms with Crippen LogP contribution in [-0.4, -0.2) is 41.5 Å². The van der Waals surface area contributed by atoms with Crippen molar-refractivity contribution in [3.05, 3.63) is 17.8 Å². The maximum Gasteiger partial charge on any atom is 0.325 e. The van der Waals surface area contributed by atoms with Gasteiger partial charge in [0.1, 0.15) is 6.54 Å². The highest BCUT2D eigenvalue weighted by Crippen LogP contribution is 2.25. The fourth-order valence-corrected chi connectivity index (χ4v) is 2.42. The van der Waals surface area contributed by atoms with Gasteiger partial charge in [-0.3, -0.25) is 9.59 Å². The predicted octanol–water partition coefficient (Wildman–Crippen LogP) is 1.54. The minimum absolute atomic E-state index is 0.0415. The SMILES string of the molecule is COC(=O)CN(C(=O)c1ocnc1C)C1CCCC1. The zero-order valence-corrected chi connectivity index (χ0v) is 11.2. The average Bonchev–Trinajstić information content (AvgIpc) is 3.05. The van der Waals surface area contributed by atoms with E-state index in [1.807, 2.05) is 0 Å². The van der Waals surface area contributed by atoms with E-state index in [-0.39, 0.29) is 24.3 Å². The maximum atomic E-state index is 12.4. The average molecular weight is 266 g/mol. The summed E-state index contributed by atoms with van der Waals surface area (Å²) >= 11 is 0. The summed E-state index contributed by atoms with van der Waals surface area (Å²) in [6.45, 7) is 1.67. The maximum absolute atomic E-state index is 12.4. The molecule has 1 aromatic rings. The molecule has 104 valence electrons. The smallest absolute Gasteiger partial charge is 0.325 e. The Kier molecular flexibility index (Phi) is 4.19. The van der Waals surface area contributed by atoms with E-state index in [1.165, 1.54) is 13.5 Å². The normalized spacial score (nSPS) is 15.5. The molecule has 1 saturated carbocycles. The van der Waals surface area contributed by atoms with Crippen LogP contribution in [0.5, 0.6) is 0 Å². The molecule has 1 fully saturated rings. The first-order chi connectivity index (χ1) is 9.13. The second-order valence-electron chi connectivity index (χ2n) is 4.71. The van der Waals surface area contributed by atoms with Crippen molar-refractivity contribution in [2.75, 3.05) is 13.7 Å². The van der Waals surface area contributed by atoms with Gasteiger partial charge in [0.25, 0.3) is 5.91 Å². The fraction of sp³-hybridized carbons (Fsp3) is 0.615. The lowest BCUT2D eigenvalue weighted by Crippen LogP contribution is -2.42. The zero-order chi connectivity index (χ0) is 13.8. The van der Waals surface area contributed by atoms with Gasteiger partial charge in [0.05, 0.1) is 12.8 Å². The minimum Gasteiger partial charge on any atom is -0.468 e. The zero-order valence-electron chi connectivity index (χ0n) is 11.2. The standard InChI is InChI=1S/C13H18N2O4/c1-9-12(19-8-14-9)13(17)15(7-11(16)18-2)10-5-3-4-6-10/h8,10H,3-7H2,1-2H3. The molecule has 0 aliphatic heterocycles. The second-order valence-corrected chi connectivity index (χ2v) is 4.71. The topological polar surface area (TPSA) is 72.6 Å². The molecule has 0 spiro atoms. The van der Waals surface area contributed by atoms with Crippen molar-refractivity contribution in [2.24, 2.45) is 0 Å². The first kappa shape index (κ1) is 13.6. The van der Waals surface area contributed by atoms with E-state index in [1.54, 1.807) is 11.8 Å². The Balaban J connectivity index is 2.18. The molecule has 1 aromatic heterocycles. The van der Waals surface area contributed by atoms with Gasteiger partial charge in [-0.15, -0.1) is 0 Å². The monoisotopic (exact) mass is 266 g/mol. The van der Waals surface area contributed by atoms with Gasteiger partial charge >= 0.3 is 5.97 Å². The molecule has 6 heteroatoms. The molecular weight excluding hydrogens is 248 g/mol. The van der Waals surface area contributed by atoms with Crippen molar-refractivity contribution >= 4 is 11.9 Å². The fourth-order valence-electron chi connectivity index (χ4n) is 2.42. The van der Waals surface area contributed by atoms with Crippen LogP contribution in [0.4, 0.5) is 0 Å². The highest BCUT2D eigenvalue weighted by atomic mass is 16.5. The number of carbonyl (C=O) groups excluding carboxylic acids is 2. The number of aromatic nitrogens is 1. The van der Waals surface area contributed by atoms with Crippen LogP contribution in [0.15, 0.2) is 10.8 Å². The Bertz CT molecular complexity index is 463. The van der Waals surface area contributed by atoms with E-state index in [4.69, 9.17) is 4.42 Å². The molecule has 0 bridgehead atoms. The lowest BCUT2D eigenvalue weighted by molar-refractivity contribution is -0.141. The van der Waals surface area contributed by atoms with Gasteiger partial charge in [0.2, 0.25) is 5.76 Å². The molecule has 1 amide bonds. The number of hydrogen-bond donors (Lipinski definition) is 0. The van der Waals surface area contributed by atoms with Gasteiger partial charge in [0, 0.05) is 6.04 Å². The van der Waals surface area contributed by atoms with E-state index >= 15 is 0 Å². The van der Waals surface area contributed by atoms with Gasteiger partial charge in [0.15, 0.2) is 6.39 Å². The molecule has 6 nitrogen and oxygen atoms in total. The number of rotatable bonds is 4. The van der Waals surface area contributed by atoms with Crippen LogP contribution in [0, 0.1) is 6.92 Å². The molecule has 0 saturated heterocycles. The summed E-state index contributed by atoms with van der Waals surface area (Å²) in [7, 11) is 1.32. The predicted molar refractivity (Wildman–Crippen MR) is 66.5 cm³/mol. The largest absolute Gasteiger partial charge is 0.468 e. The first-order valence-electron chi connectivity index (χ1n) is 6.41. The van der Waals surface area contributed by atoms with Crippen molar-refractivity contribution in [2.45, 2.75) is 38.6 Å². The van der Waals surface area contributed by atoms with E-state index in [0.29, 0.717) is 5.69 Å². The van der Waals surface area contributed by atoms with Gasteiger partial charge in [-0.2, -0.15) is 0 Å². The van der Waals surface area contributed by atoms with Crippen LogP contribution in [0.3, 0.4) is 0 Å². The molecular formula is C13H18N2O4. The van der Waals surface area contributed by atoms with Gasteiger partial charge < -0.3 is 14.1 Å². The van der Waals surface area contributed by atoms with E-state index < -0.39 is 5.97 Å². The summed E-state index contributed by atoms with van der Waals surface area (Å²) in [5, 5.41) is 0. The summed E-state index contributed by atoms with van der Waals surface area (Å²) in [6, 6.07) is 0.0797. The molecule has 2 rings (SSSR count). The number of amides is 1. The summed E-state index contributed by atoms with van der Waals surface area (Å²) in [5.41, 5.74) is 0.540. The highest BCUT2D eigenvalue weighted by Gasteiger charge is 2.31. The number of oxazole rings is 1. The Labute approximate surface area is 111 Å². The Morgan fingerprint density at radius 2 is 2.16 bits per heavy atom. The van der Waals surface area contributed by atoms with Crippen LogP contribution >= 0.6 is 0 Å². The van der Waals surface area contributed by atoms with Gasteiger partial charge in [-0.25, -0.2) is 4.98 Å². The number of esters is 1. The van der Waals surface area contributed by atoms with Crippen LogP contribution < -0.4 is 0 Å². The number of aryl methyl sites for hydroxylation is 1. The lowest BCUT2D eigenvalue weighted by atomic mass is 10.2. The second kappa shape index (κ2) is 5.86. The third-order valence-corrected chi connectivity index (χ3v) is 3.49. The van der Waals surface area contributed by atoms with Crippen molar-refractivity contribution in [1.82, 2.24) is 9.88 Å².